The molecule has 1 fully saturated rings. The Hall–Kier alpha value is -2.64. The number of carbonyl (C=O) groups is 1. The second-order valence-electron chi connectivity index (χ2n) is 6.95. The number of nitrogens with one attached hydrogen (secondary N) is 1. The highest BCUT2D eigenvalue weighted by Crippen LogP contribution is 2.25. The molecule has 1 saturated heterocycles. The van der Waals surface area contributed by atoms with Crippen molar-refractivity contribution < 1.29 is 9.53 Å². The Morgan fingerprint density at radius 1 is 1.25 bits per heavy atom. The molecule has 1 aliphatic heterocycles. The minimum absolute atomic E-state index is 0.126. The highest BCUT2D eigenvalue weighted by Gasteiger charge is 2.20. The fourth-order valence-electron chi connectivity index (χ4n) is 3.47. The summed E-state index contributed by atoms with van der Waals surface area (Å²) in [4.78, 5) is 20.2. The smallest absolute Gasteiger partial charge is 0.267 e. The predicted molar refractivity (Wildman–Crippen MR) is 113 cm³/mol. The van der Waals surface area contributed by atoms with Crippen LogP contribution in [0.5, 0.6) is 0 Å². The largest absolute Gasteiger partial charge is 0.380 e. The molecule has 0 aliphatic carbocycles. The summed E-state index contributed by atoms with van der Waals surface area (Å²) in [7, 11) is 1.77. The monoisotopic (exact) mass is 396 g/mol. The molecule has 28 heavy (non-hydrogen) atoms. The quantitative estimate of drug-likeness (QED) is 0.705. The number of thiazole rings is 1. The van der Waals surface area contributed by atoms with E-state index in [0.29, 0.717) is 4.88 Å². The minimum atomic E-state index is -0.126. The van der Waals surface area contributed by atoms with E-state index in [4.69, 9.17) is 4.74 Å². The van der Waals surface area contributed by atoms with E-state index in [1.807, 2.05) is 48.1 Å². The van der Waals surface area contributed by atoms with Crippen LogP contribution in [0.4, 0.5) is 11.4 Å². The van der Waals surface area contributed by atoms with Gasteiger partial charge in [0.1, 0.15) is 4.88 Å². The van der Waals surface area contributed by atoms with Gasteiger partial charge >= 0.3 is 0 Å². The normalized spacial score (nSPS) is 16.9. The lowest BCUT2D eigenvalue weighted by Crippen LogP contribution is -2.39. The summed E-state index contributed by atoms with van der Waals surface area (Å²) in [5.74, 6) is -0.126. The van der Waals surface area contributed by atoms with Crippen LogP contribution in [-0.4, -0.2) is 41.8 Å². The van der Waals surface area contributed by atoms with Crippen molar-refractivity contribution in [2.75, 3.05) is 30.4 Å². The molecule has 3 heterocycles. The molecule has 2 aromatic heterocycles. The van der Waals surface area contributed by atoms with Gasteiger partial charge in [-0.05, 0) is 56.2 Å². The van der Waals surface area contributed by atoms with Crippen molar-refractivity contribution in [2.24, 2.45) is 0 Å². The lowest BCUT2D eigenvalue weighted by Gasteiger charge is -2.33. The van der Waals surface area contributed by atoms with Gasteiger partial charge in [0.05, 0.1) is 11.8 Å². The number of nitrogens with zero attached hydrogens (tertiary/aromatic N) is 3. The Morgan fingerprint density at radius 3 is 2.71 bits per heavy atom. The number of aromatic nitrogens is 2. The van der Waals surface area contributed by atoms with Crippen molar-refractivity contribution in [1.82, 2.24) is 9.55 Å². The number of hydrogen-bond acceptors (Lipinski definition) is 5. The molecule has 1 aromatic carbocycles. The molecule has 0 spiro atoms. The van der Waals surface area contributed by atoms with Gasteiger partial charge in [-0.2, -0.15) is 0 Å². The summed E-state index contributed by atoms with van der Waals surface area (Å²) in [5.41, 5.74) is 2.68. The first-order valence-electron chi connectivity index (χ1n) is 9.44. The Bertz CT molecular complexity index is 934. The molecule has 1 N–H and O–H groups in total. The molecule has 1 aliphatic rings. The zero-order valence-corrected chi connectivity index (χ0v) is 16.9. The van der Waals surface area contributed by atoms with E-state index >= 15 is 0 Å². The van der Waals surface area contributed by atoms with Crippen molar-refractivity contribution >= 4 is 28.6 Å². The number of methoxy groups -OCH3 is 1. The summed E-state index contributed by atoms with van der Waals surface area (Å²) < 4.78 is 7.41. The van der Waals surface area contributed by atoms with Gasteiger partial charge in [-0.1, -0.05) is 11.3 Å². The molecule has 1 amide bonds. The topological polar surface area (TPSA) is 59.4 Å². The number of piperidine rings is 1. The number of benzene rings is 1. The van der Waals surface area contributed by atoms with E-state index in [9.17, 15) is 4.79 Å². The first kappa shape index (κ1) is 18.7. The van der Waals surface area contributed by atoms with Gasteiger partial charge in [0.25, 0.3) is 5.91 Å². The van der Waals surface area contributed by atoms with Crippen molar-refractivity contribution in [1.29, 1.82) is 0 Å². The highest BCUT2D eigenvalue weighted by molar-refractivity contribution is 7.16. The van der Waals surface area contributed by atoms with E-state index in [1.54, 1.807) is 7.11 Å². The summed E-state index contributed by atoms with van der Waals surface area (Å²) in [5, 5.41) is 3.78. The van der Waals surface area contributed by atoms with E-state index in [0.717, 1.165) is 48.1 Å². The van der Waals surface area contributed by atoms with Gasteiger partial charge in [-0.15, -0.1) is 0 Å². The standard InChI is InChI=1S/C21H24N4O2S/c1-15-19(28-21(22-15)24-11-3-4-12-24)20(26)23-16-7-9-17(10-8-16)25-13-5-6-18(14-25)27-2/h3-4,7-12,18H,5-6,13-14H2,1-2H3,(H,23,26)/t18-/m1/s1. The summed E-state index contributed by atoms with van der Waals surface area (Å²) in [6.07, 6.45) is 6.38. The van der Waals surface area contributed by atoms with E-state index in [1.165, 1.54) is 11.3 Å². The molecule has 0 saturated carbocycles. The SMILES string of the molecule is CO[C@@H]1CCCN(c2ccc(NC(=O)c3sc(-n4cccc4)nc3C)cc2)C1. The van der Waals surface area contributed by atoms with Crippen molar-refractivity contribution in [3.8, 4) is 5.13 Å². The van der Waals surface area contributed by atoms with Crippen LogP contribution in [-0.2, 0) is 4.74 Å². The zero-order chi connectivity index (χ0) is 19.5. The number of carbonyl (C=O) groups excluding carboxylic acids is 1. The van der Waals surface area contributed by atoms with Gasteiger partial charge in [-0.25, -0.2) is 4.98 Å². The molecule has 7 heteroatoms. The average Bonchev–Trinajstić information content (AvgIpc) is 3.38. The van der Waals surface area contributed by atoms with Crippen LogP contribution in [0, 0.1) is 6.92 Å². The number of aryl methyl sites for hydroxylation is 1. The molecule has 4 rings (SSSR count). The summed E-state index contributed by atoms with van der Waals surface area (Å²) >= 11 is 1.39. The Kier molecular flexibility index (Phi) is 5.45. The van der Waals surface area contributed by atoms with Gasteiger partial charge in [0.2, 0.25) is 0 Å². The number of hydrogen-bond donors (Lipinski definition) is 1. The van der Waals surface area contributed by atoms with Gasteiger partial charge in [0, 0.05) is 44.0 Å². The third-order valence-electron chi connectivity index (χ3n) is 5.02. The third-order valence-corrected chi connectivity index (χ3v) is 6.19. The van der Waals surface area contributed by atoms with Crippen molar-refractivity contribution in [3.05, 3.63) is 59.4 Å². The average molecular weight is 397 g/mol. The molecule has 0 unspecified atom stereocenters. The number of anilines is 2. The van der Waals surface area contributed by atoms with Crippen molar-refractivity contribution in [3.63, 3.8) is 0 Å². The van der Waals surface area contributed by atoms with Crippen LogP contribution in [0.25, 0.3) is 5.13 Å². The molecular weight excluding hydrogens is 372 g/mol. The Labute approximate surface area is 168 Å². The predicted octanol–water partition coefficient (Wildman–Crippen LogP) is 4.11. The van der Waals surface area contributed by atoms with Gasteiger partial charge in [-0.3, -0.25) is 4.79 Å². The molecule has 1 atom stereocenters. The van der Waals surface area contributed by atoms with Crippen LogP contribution in [0.2, 0.25) is 0 Å². The molecule has 0 radical (unpaired) electrons. The maximum Gasteiger partial charge on any atom is 0.267 e. The number of amides is 1. The Balaban J connectivity index is 1.44. The van der Waals surface area contributed by atoms with E-state index in [2.05, 4.69) is 27.3 Å². The fourth-order valence-corrected chi connectivity index (χ4v) is 4.40. The van der Waals surface area contributed by atoms with Crippen LogP contribution in [0.15, 0.2) is 48.8 Å². The molecular formula is C21H24N4O2S. The highest BCUT2D eigenvalue weighted by atomic mass is 32.1. The number of rotatable bonds is 5. The zero-order valence-electron chi connectivity index (χ0n) is 16.1. The number of ether oxygens (including phenoxy) is 1. The molecule has 146 valence electrons. The Morgan fingerprint density at radius 2 is 2.00 bits per heavy atom. The van der Waals surface area contributed by atoms with Crippen LogP contribution < -0.4 is 10.2 Å². The van der Waals surface area contributed by atoms with E-state index in [-0.39, 0.29) is 12.0 Å². The molecule has 6 nitrogen and oxygen atoms in total. The second-order valence-corrected chi connectivity index (χ2v) is 7.93. The summed E-state index contributed by atoms with van der Waals surface area (Å²) in [6.45, 7) is 3.81. The first-order valence-corrected chi connectivity index (χ1v) is 10.3. The van der Waals surface area contributed by atoms with Crippen LogP contribution >= 0.6 is 11.3 Å². The van der Waals surface area contributed by atoms with Crippen molar-refractivity contribution in [2.45, 2.75) is 25.9 Å². The van der Waals surface area contributed by atoms with E-state index < -0.39 is 0 Å². The molecule has 3 aromatic rings. The van der Waals surface area contributed by atoms with Gasteiger partial charge < -0.3 is 19.5 Å². The lowest BCUT2D eigenvalue weighted by molar-refractivity contribution is 0.0893. The summed E-state index contributed by atoms with van der Waals surface area (Å²) in [6, 6.07) is 11.9. The first-order chi connectivity index (χ1) is 13.6. The fraction of sp³-hybridized carbons (Fsp3) is 0.333. The third kappa shape index (κ3) is 3.95. The minimum Gasteiger partial charge on any atom is -0.380 e. The van der Waals surface area contributed by atoms with Crippen LogP contribution in [0.1, 0.15) is 28.2 Å². The maximum atomic E-state index is 12.7. The second kappa shape index (κ2) is 8.16. The van der Waals surface area contributed by atoms with Crippen LogP contribution in [0.3, 0.4) is 0 Å². The lowest BCUT2D eigenvalue weighted by atomic mass is 10.1. The van der Waals surface area contributed by atoms with Gasteiger partial charge in [0.15, 0.2) is 5.13 Å². The molecule has 0 bridgehead atoms. The maximum absolute atomic E-state index is 12.7.